The number of rotatable bonds is 8. The minimum atomic E-state index is -0.839. The number of amides is 1. The third-order valence-electron chi connectivity index (χ3n) is 3.01. The van der Waals surface area contributed by atoms with Crippen LogP contribution >= 0.6 is 0 Å². The third-order valence-corrected chi connectivity index (χ3v) is 3.01. The molecule has 0 spiro atoms. The van der Waals surface area contributed by atoms with Crippen LogP contribution in [-0.4, -0.2) is 46.6 Å². The number of carbonyl (C=O) groups is 2. The van der Waals surface area contributed by atoms with Gasteiger partial charge in [0.2, 0.25) is 5.91 Å². The van der Waals surface area contributed by atoms with E-state index in [-0.39, 0.29) is 30.5 Å². The van der Waals surface area contributed by atoms with Crippen LogP contribution in [0.1, 0.15) is 53.9 Å². The molecule has 112 valence electrons. The number of carboxylic acids is 1. The summed E-state index contributed by atoms with van der Waals surface area (Å²) in [6, 6.07) is 0.166. The van der Waals surface area contributed by atoms with Gasteiger partial charge in [-0.3, -0.25) is 14.5 Å². The number of hydrogen-bond donors (Lipinski definition) is 2. The van der Waals surface area contributed by atoms with Crippen molar-refractivity contribution in [3.8, 4) is 0 Å². The van der Waals surface area contributed by atoms with Crippen molar-refractivity contribution >= 4 is 11.9 Å². The van der Waals surface area contributed by atoms with E-state index in [0.717, 1.165) is 12.8 Å². The maximum absolute atomic E-state index is 11.9. The second kappa shape index (κ2) is 8.15. The van der Waals surface area contributed by atoms with Gasteiger partial charge in [-0.2, -0.15) is 0 Å². The molecule has 0 aliphatic carbocycles. The Morgan fingerprint density at radius 2 is 1.89 bits per heavy atom. The molecule has 0 bridgehead atoms. The zero-order valence-electron chi connectivity index (χ0n) is 12.8. The Bertz CT molecular complexity index is 298. The van der Waals surface area contributed by atoms with E-state index in [2.05, 4.69) is 12.2 Å². The molecule has 0 aliphatic rings. The molecular formula is C14H28N2O3. The van der Waals surface area contributed by atoms with Gasteiger partial charge in [0, 0.05) is 18.1 Å². The molecule has 2 N–H and O–H groups in total. The molecular weight excluding hydrogens is 244 g/mol. The Balaban J connectivity index is 4.39. The highest BCUT2D eigenvalue weighted by Crippen LogP contribution is 2.13. The van der Waals surface area contributed by atoms with Crippen molar-refractivity contribution in [3.63, 3.8) is 0 Å². The van der Waals surface area contributed by atoms with Crippen LogP contribution in [-0.2, 0) is 9.59 Å². The Labute approximate surface area is 116 Å². The van der Waals surface area contributed by atoms with E-state index >= 15 is 0 Å². The van der Waals surface area contributed by atoms with Crippen LogP contribution in [0, 0.1) is 0 Å². The van der Waals surface area contributed by atoms with Gasteiger partial charge in [0.15, 0.2) is 0 Å². The smallest absolute Gasteiger partial charge is 0.304 e. The second-order valence-electron chi connectivity index (χ2n) is 5.99. The summed E-state index contributed by atoms with van der Waals surface area (Å²) in [5, 5.41) is 11.7. The second-order valence-corrected chi connectivity index (χ2v) is 5.99. The highest BCUT2D eigenvalue weighted by molar-refractivity contribution is 5.78. The van der Waals surface area contributed by atoms with E-state index in [1.807, 2.05) is 32.6 Å². The van der Waals surface area contributed by atoms with Crippen LogP contribution in [0.25, 0.3) is 0 Å². The summed E-state index contributed by atoms with van der Waals surface area (Å²) in [7, 11) is 0. The zero-order valence-corrected chi connectivity index (χ0v) is 12.8. The summed E-state index contributed by atoms with van der Waals surface area (Å²) < 4.78 is 0. The highest BCUT2D eigenvalue weighted by Gasteiger charge is 2.24. The molecule has 0 heterocycles. The quantitative estimate of drug-likeness (QED) is 0.707. The van der Waals surface area contributed by atoms with Crippen molar-refractivity contribution in [3.05, 3.63) is 0 Å². The van der Waals surface area contributed by atoms with Crippen molar-refractivity contribution in [2.75, 3.05) is 13.1 Å². The van der Waals surface area contributed by atoms with Gasteiger partial charge >= 0.3 is 5.97 Å². The average molecular weight is 272 g/mol. The number of carbonyl (C=O) groups excluding carboxylic acids is 1. The van der Waals surface area contributed by atoms with Crippen molar-refractivity contribution in [1.29, 1.82) is 0 Å². The zero-order chi connectivity index (χ0) is 15.1. The van der Waals surface area contributed by atoms with Gasteiger partial charge in [0.25, 0.3) is 0 Å². The lowest BCUT2D eigenvalue weighted by molar-refractivity contribution is -0.138. The third kappa shape index (κ3) is 8.59. The van der Waals surface area contributed by atoms with Gasteiger partial charge < -0.3 is 10.4 Å². The largest absolute Gasteiger partial charge is 0.481 e. The summed E-state index contributed by atoms with van der Waals surface area (Å²) in [4.78, 5) is 24.5. The van der Waals surface area contributed by atoms with Crippen LogP contribution < -0.4 is 5.32 Å². The van der Waals surface area contributed by atoms with Crippen molar-refractivity contribution in [1.82, 2.24) is 10.2 Å². The fourth-order valence-electron chi connectivity index (χ4n) is 1.88. The Kier molecular flexibility index (Phi) is 7.68. The lowest BCUT2D eigenvalue weighted by Gasteiger charge is -2.35. The molecule has 0 fully saturated rings. The van der Waals surface area contributed by atoms with Crippen LogP contribution in [0.5, 0.6) is 0 Å². The standard InChI is InChI=1S/C14H28N2O3/c1-6-7-11(2)15-12(17)10-16(14(3,4)5)9-8-13(18)19/h11H,6-10H2,1-5H3,(H,15,17)(H,18,19). The van der Waals surface area contributed by atoms with Crippen LogP contribution in [0.2, 0.25) is 0 Å². The topological polar surface area (TPSA) is 69.6 Å². The first-order valence-electron chi connectivity index (χ1n) is 6.93. The molecule has 0 rings (SSSR count). The Morgan fingerprint density at radius 3 is 2.32 bits per heavy atom. The molecule has 1 atom stereocenters. The van der Waals surface area contributed by atoms with Gasteiger partial charge in [-0.1, -0.05) is 13.3 Å². The van der Waals surface area contributed by atoms with E-state index in [9.17, 15) is 9.59 Å². The van der Waals surface area contributed by atoms with Gasteiger partial charge in [-0.15, -0.1) is 0 Å². The summed E-state index contributed by atoms with van der Waals surface area (Å²) in [6.07, 6.45) is 2.04. The van der Waals surface area contributed by atoms with Gasteiger partial charge in [-0.25, -0.2) is 0 Å². The minimum absolute atomic E-state index is 0.0405. The molecule has 0 saturated heterocycles. The monoisotopic (exact) mass is 272 g/mol. The first-order valence-corrected chi connectivity index (χ1v) is 6.93. The molecule has 0 saturated carbocycles. The fraction of sp³-hybridized carbons (Fsp3) is 0.857. The van der Waals surface area contributed by atoms with Gasteiger partial charge in [0.1, 0.15) is 0 Å². The van der Waals surface area contributed by atoms with Gasteiger partial charge in [0.05, 0.1) is 13.0 Å². The predicted molar refractivity (Wildman–Crippen MR) is 76.1 cm³/mol. The minimum Gasteiger partial charge on any atom is -0.481 e. The molecule has 0 aromatic rings. The highest BCUT2D eigenvalue weighted by atomic mass is 16.4. The first kappa shape index (κ1) is 17.9. The Hall–Kier alpha value is -1.10. The van der Waals surface area contributed by atoms with Gasteiger partial charge in [-0.05, 0) is 34.1 Å². The lowest BCUT2D eigenvalue weighted by Crippen LogP contribution is -2.49. The summed E-state index contributed by atoms with van der Waals surface area (Å²) in [5.74, 6) is -0.879. The molecule has 19 heavy (non-hydrogen) atoms. The van der Waals surface area contributed by atoms with Crippen molar-refractivity contribution < 1.29 is 14.7 Å². The molecule has 1 amide bonds. The van der Waals surface area contributed by atoms with E-state index < -0.39 is 5.97 Å². The number of hydrogen-bond acceptors (Lipinski definition) is 3. The normalized spacial score (nSPS) is 13.4. The van der Waals surface area contributed by atoms with Crippen LogP contribution in [0.4, 0.5) is 0 Å². The molecule has 1 unspecified atom stereocenters. The molecule has 0 aromatic heterocycles. The van der Waals surface area contributed by atoms with Crippen LogP contribution in [0.15, 0.2) is 0 Å². The number of carboxylic acid groups (broad SMARTS) is 1. The first-order chi connectivity index (χ1) is 8.66. The maximum atomic E-state index is 11.9. The summed E-state index contributed by atoms with van der Waals surface area (Å²) >= 11 is 0. The maximum Gasteiger partial charge on any atom is 0.304 e. The number of nitrogens with one attached hydrogen (secondary N) is 1. The van der Waals surface area contributed by atoms with Crippen LogP contribution in [0.3, 0.4) is 0 Å². The molecule has 0 radical (unpaired) electrons. The van der Waals surface area contributed by atoms with Crippen molar-refractivity contribution in [2.24, 2.45) is 0 Å². The molecule has 5 heteroatoms. The summed E-state index contributed by atoms with van der Waals surface area (Å²) in [6.45, 7) is 10.6. The number of aliphatic carboxylic acids is 1. The Morgan fingerprint density at radius 1 is 1.32 bits per heavy atom. The predicted octanol–water partition coefficient (Wildman–Crippen LogP) is 1.87. The average Bonchev–Trinajstić information content (AvgIpc) is 2.22. The van der Waals surface area contributed by atoms with E-state index in [4.69, 9.17) is 5.11 Å². The van der Waals surface area contributed by atoms with E-state index in [1.165, 1.54) is 0 Å². The SMILES string of the molecule is CCCC(C)NC(=O)CN(CCC(=O)O)C(C)(C)C. The van der Waals surface area contributed by atoms with E-state index in [1.54, 1.807) is 0 Å². The van der Waals surface area contributed by atoms with E-state index in [0.29, 0.717) is 6.54 Å². The molecule has 5 nitrogen and oxygen atoms in total. The fourth-order valence-corrected chi connectivity index (χ4v) is 1.88. The molecule has 0 aliphatic heterocycles. The lowest BCUT2D eigenvalue weighted by atomic mass is 10.1. The molecule has 0 aromatic carbocycles. The van der Waals surface area contributed by atoms with Crippen molar-refractivity contribution in [2.45, 2.75) is 65.5 Å². The summed E-state index contributed by atoms with van der Waals surface area (Å²) in [5.41, 5.74) is -0.221. The number of nitrogens with zero attached hydrogens (tertiary/aromatic N) is 1.